The molecular weight excluding hydrogens is 194 g/mol. The molecule has 80 valence electrons. The molecule has 0 aliphatic carbocycles. The lowest BCUT2D eigenvalue weighted by molar-refractivity contribution is -0.116. The molecule has 0 unspecified atom stereocenters. The predicted molar refractivity (Wildman–Crippen MR) is 57.5 cm³/mol. The van der Waals surface area contributed by atoms with Gasteiger partial charge in [-0.1, -0.05) is 6.58 Å². The van der Waals surface area contributed by atoms with Crippen molar-refractivity contribution >= 4 is 17.8 Å². The zero-order valence-corrected chi connectivity index (χ0v) is 8.76. The number of carbonyl (C=O) groups is 2. The van der Waals surface area contributed by atoms with E-state index in [0.29, 0.717) is 17.7 Å². The van der Waals surface area contributed by atoms with Gasteiger partial charge in [-0.05, 0) is 19.9 Å². The minimum atomic E-state index is -0.484. The van der Waals surface area contributed by atoms with E-state index in [2.05, 4.69) is 22.2 Å². The third-order valence-corrected chi connectivity index (χ3v) is 1.83. The first kappa shape index (κ1) is 11.2. The smallest absolute Gasteiger partial charge is 0.336 e. The summed E-state index contributed by atoms with van der Waals surface area (Å²) in [5.41, 5.74) is 1.08. The Balaban J connectivity index is 2.85. The van der Waals surface area contributed by atoms with Gasteiger partial charge in [0.25, 0.3) is 5.91 Å². The SMILES string of the molecule is C=C1C=C(C)C(=O)NC1=NC(=O)NCC. The third-order valence-electron chi connectivity index (χ3n) is 1.83. The van der Waals surface area contributed by atoms with Crippen LogP contribution in [0.25, 0.3) is 0 Å². The molecule has 0 radical (unpaired) electrons. The molecule has 0 bridgehead atoms. The highest BCUT2D eigenvalue weighted by Crippen LogP contribution is 2.08. The summed E-state index contributed by atoms with van der Waals surface area (Å²) in [6.45, 7) is 7.64. The molecule has 0 spiro atoms. The average molecular weight is 207 g/mol. The molecule has 15 heavy (non-hydrogen) atoms. The quantitative estimate of drug-likeness (QED) is 0.666. The van der Waals surface area contributed by atoms with Crippen LogP contribution in [0.4, 0.5) is 4.79 Å². The van der Waals surface area contributed by atoms with Gasteiger partial charge >= 0.3 is 6.03 Å². The predicted octanol–water partition coefficient (Wildman–Crippen LogP) is 0.747. The van der Waals surface area contributed by atoms with Crippen LogP contribution in [-0.4, -0.2) is 24.3 Å². The molecule has 0 aromatic carbocycles. The fourth-order valence-electron chi connectivity index (χ4n) is 1.07. The van der Waals surface area contributed by atoms with Crippen LogP contribution >= 0.6 is 0 Å². The maximum atomic E-state index is 11.3. The van der Waals surface area contributed by atoms with Gasteiger partial charge in [0.1, 0.15) is 5.84 Å². The number of rotatable bonds is 1. The molecule has 5 heteroatoms. The molecule has 0 saturated heterocycles. The molecule has 0 aromatic rings. The normalized spacial score (nSPS) is 18.5. The van der Waals surface area contributed by atoms with Crippen LogP contribution in [0.3, 0.4) is 0 Å². The maximum absolute atomic E-state index is 11.3. The Bertz CT molecular complexity index is 380. The van der Waals surface area contributed by atoms with E-state index >= 15 is 0 Å². The summed E-state index contributed by atoms with van der Waals surface area (Å²) in [5.74, 6) is -0.0537. The number of aliphatic imine (C=N–C) groups is 1. The second-order valence-corrected chi connectivity index (χ2v) is 3.10. The molecule has 1 heterocycles. The zero-order chi connectivity index (χ0) is 11.4. The Hall–Kier alpha value is -1.91. The van der Waals surface area contributed by atoms with Crippen molar-refractivity contribution in [2.24, 2.45) is 4.99 Å². The van der Waals surface area contributed by atoms with Gasteiger partial charge in [0.2, 0.25) is 0 Å². The molecule has 3 amide bonds. The molecule has 0 atom stereocenters. The highest BCUT2D eigenvalue weighted by molar-refractivity contribution is 6.19. The topological polar surface area (TPSA) is 70.6 Å². The van der Waals surface area contributed by atoms with Crippen molar-refractivity contribution in [2.75, 3.05) is 6.54 Å². The summed E-state index contributed by atoms with van der Waals surface area (Å²) < 4.78 is 0. The van der Waals surface area contributed by atoms with Crippen LogP contribution in [0.15, 0.2) is 28.8 Å². The van der Waals surface area contributed by atoms with E-state index in [1.54, 1.807) is 19.9 Å². The van der Waals surface area contributed by atoms with Gasteiger partial charge in [0.15, 0.2) is 0 Å². The van der Waals surface area contributed by atoms with Crippen molar-refractivity contribution in [3.63, 3.8) is 0 Å². The van der Waals surface area contributed by atoms with Gasteiger partial charge in [-0.25, -0.2) is 4.79 Å². The first-order valence-electron chi connectivity index (χ1n) is 4.60. The number of hydrogen-bond acceptors (Lipinski definition) is 2. The largest absolute Gasteiger partial charge is 0.342 e. The van der Waals surface area contributed by atoms with E-state index in [1.807, 2.05) is 0 Å². The summed E-state index contributed by atoms with van der Waals surface area (Å²) in [6.07, 6.45) is 1.59. The molecule has 1 aliphatic heterocycles. The van der Waals surface area contributed by atoms with Crippen molar-refractivity contribution < 1.29 is 9.59 Å². The molecule has 1 aliphatic rings. The Morgan fingerprint density at radius 3 is 2.93 bits per heavy atom. The fourth-order valence-corrected chi connectivity index (χ4v) is 1.07. The molecule has 0 aromatic heterocycles. The lowest BCUT2D eigenvalue weighted by atomic mass is 10.1. The van der Waals surface area contributed by atoms with Gasteiger partial charge < -0.3 is 10.6 Å². The highest BCUT2D eigenvalue weighted by atomic mass is 16.2. The first-order valence-corrected chi connectivity index (χ1v) is 4.60. The second-order valence-electron chi connectivity index (χ2n) is 3.10. The van der Waals surface area contributed by atoms with E-state index in [4.69, 9.17) is 0 Å². The molecule has 0 saturated carbocycles. The molecule has 5 nitrogen and oxygen atoms in total. The Kier molecular flexibility index (Phi) is 3.38. The summed E-state index contributed by atoms with van der Waals surface area (Å²) in [4.78, 5) is 26.1. The molecule has 2 N–H and O–H groups in total. The van der Waals surface area contributed by atoms with Crippen molar-refractivity contribution in [2.45, 2.75) is 13.8 Å². The van der Waals surface area contributed by atoms with Crippen LogP contribution in [0.5, 0.6) is 0 Å². The van der Waals surface area contributed by atoms with Crippen LogP contribution < -0.4 is 10.6 Å². The third kappa shape index (κ3) is 2.77. The van der Waals surface area contributed by atoms with E-state index in [0.717, 1.165) is 0 Å². The van der Waals surface area contributed by atoms with Crippen LogP contribution in [0.2, 0.25) is 0 Å². The van der Waals surface area contributed by atoms with Gasteiger partial charge in [-0.2, -0.15) is 4.99 Å². The average Bonchev–Trinajstić information content (AvgIpc) is 2.14. The van der Waals surface area contributed by atoms with Gasteiger partial charge in [0, 0.05) is 17.7 Å². The first-order chi connectivity index (χ1) is 7.04. The zero-order valence-electron chi connectivity index (χ0n) is 8.76. The van der Waals surface area contributed by atoms with Gasteiger partial charge in [-0.15, -0.1) is 0 Å². The van der Waals surface area contributed by atoms with E-state index in [9.17, 15) is 9.59 Å². The summed E-state index contributed by atoms with van der Waals surface area (Å²) in [5, 5.41) is 4.99. The van der Waals surface area contributed by atoms with Crippen molar-refractivity contribution in [1.82, 2.24) is 10.6 Å². The minimum absolute atomic E-state index is 0.205. The Morgan fingerprint density at radius 1 is 1.67 bits per heavy atom. The lowest BCUT2D eigenvalue weighted by Gasteiger charge is -2.14. The van der Waals surface area contributed by atoms with Gasteiger partial charge in [-0.3, -0.25) is 4.79 Å². The number of nitrogens with one attached hydrogen (secondary N) is 2. The summed E-state index contributed by atoms with van der Waals surface area (Å²) in [7, 11) is 0. The van der Waals surface area contributed by atoms with Gasteiger partial charge in [0.05, 0.1) is 0 Å². The Labute approximate surface area is 88.0 Å². The van der Waals surface area contributed by atoms with E-state index in [1.165, 1.54) is 0 Å². The number of hydrogen-bond donors (Lipinski definition) is 2. The second kappa shape index (κ2) is 4.54. The van der Waals surface area contributed by atoms with E-state index in [-0.39, 0.29) is 11.7 Å². The number of urea groups is 1. The number of nitrogens with zero attached hydrogens (tertiary/aromatic N) is 1. The Morgan fingerprint density at radius 2 is 2.33 bits per heavy atom. The number of carbonyl (C=O) groups excluding carboxylic acids is 2. The maximum Gasteiger partial charge on any atom is 0.342 e. The monoisotopic (exact) mass is 207 g/mol. The lowest BCUT2D eigenvalue weighted by Crippen LogP contribution is -2.37. The molecular formula is C10H13N3O2. The van der Waals surface area contributed by atoms with Crippen molar-refractivity contribution in [3.05, 3.63) is 23.8 Å². The summed E-state index contributed by atoms with van der Waals surface area (Å²) >= 11 is 0. The number of amides is 3. The fraction of sp³-hybridized carbons (Fsp3) is 0.300. The van der Waals surface area contributed by atoms with Crippen LogP contribution in [0.1, 0.15) is 13.8 Å². The summed E-state index contributed by atoms with van der Waals surface area (Å²) in [6, 6.07) is -0.484. The standard InChI is InChI=1S/C10H13N3O2/c1-4-11-10(15)13-8-6(2)5-7(3)9(14)12-8/h5H,2,4H2,1,3H3,(H2,11,12,13,14,15). The highest BCUT2D eigenvalue weighted by Gasteiger charge is 2.17. The van der Waals surface area contributed by atoms with Crippen LogP contribution in [0, 0.1) is 0 Å². The molecule has 0 fully saturated rings. The van der Waals surface area contributed by atoms with Crippen molar-refractivity contribution in [3.8, 4) is 0 Å². The van der Waals surface area contributed by atoms with E-state index < -0.39 is 6.03 Å². The van der Waals surface area contributed by atoms with Crippen molar-refractivity contribution in [1.29, 1.82) is 0 Å². The molecule has 1 rings (SSSR count). The minimum Gasteiger partial charge on any atom is -0.336 e. The number of amidine groups is 1. The van der Waals surface area contributed by atoms with Crippen LogP contribution in [-0.2, 0) is 4.79 Å².